The maximum atomic E-state index is 12.3. The van der Waals surface area contributed by atoms with Gasteiger partial charge in [0.15, 0.2) is 4.32 Å². The molecule has 1 aromatic carbocycles. The van der Waals surface area contributed by atoms with Crippen molar-refractivity contribution in [3.05, 3.63) is 35.9 Å². The number of hydrogen-bond acceptors (Lipinski definition) is 3. The number of alkyl halides is 1. The van der Waals surface area contributed by atoms with Crippen LogP contribution in [-0.4, -0.2) is 23.0 Å². The van der Waals surface area contributed by atoms with Crippen molar-refractivity contribution in [2.45, 2.75) is 43.7 Å². The van der Waals surface area contributed by atoms with Gasteiger partial charge in [0.25, 0.3) is 0 Å². The Hall–Kier alpha value is -0.870. The number of esters is 1. The van der Waals surface area contributed by atoms with Crippen molar-refractivity contribution in [2.24, 2.45) is 0 Å². The zero-order chi connectivity index (χ0) is 14.7. The smallest absolute Gasteiger partial charge is 0.326 e. The number of hydrogen-bond donors (Lipinski definition) is 0. The lowest BCUT2D eigenvalue weighted by atomic mass is 9.96. The predicted molar refractivity (Wildman–Crippen MR) is 79.4 cm³/mol. The molecule has 0 saturated carbocycles. The number of halogens is 1. The summed E-state index contributed by atoms with van der Waals surface area (Å²) in [5.41, 5.74) is 0.399. The highest BCUT2D eigenvalue weighted by molar-refractivity contribution is 9.10. The van der Waals surface area contributed by atoms with Gasteiger partial charge in [0.1, 0.15) is 11.7 Å². The van der Waals surface area contributed by atoms with E-state index < -0.39 is 16.0 Å². The van der Waals surface area contributed by atoms with Crippen LogP contribution in [0.4, 0.5) is 0 Å². The van der Waals surface area contributed by atoms with Crippen molar-refractivity contribution in [3.63, 3.8) is 0 Å². The SMILES string of the molecule is CO[C@@H](c1ccccc1)[C@](C)(Br)C(=O)OC(C)(C)C. The lowest BCUT2D eigenvalue weighted by Crippen LogP contribution is -2.41. The molecule has 0 aliphatic rings. The number of carbonyl (C=O) groups excluding carboxylic acids is 1. The fraction of sp³-hybridized carbons (Fsp3) is 0.533. The summed E-state index contributed by atoms with van der Waals surface area (Å²) in [5, 5.41) is 0. The highest BCUT2D eigenvalue weighted by atomic mass is 79.9. The van der Waals surface area contributed by atoms with Crippen molar-refractivity contribution < 1.29 is 14.3 Å². The molecule has 0 aliphatic carbocycles. The molecule has 0 bridgehead atoms. The first-order chi connectivity index (χ1) is 8.68. The van der Waals surface area contributed by atoms with E-state index in [0.29, 0.717) is 0 Å². The molecule has 0 fully saturated rings. The summed E-state index contributed by atoms with van der Waals surface area (Å²) >= 11 is 3.46. The topological polar surface area (TPSA) is 35.5 Å². The number of benzene rings is 1. The number of carbonyl (C=O) groups is 1. The molecule has 0 heterocycles. The van der Waals surface area contributed by atoms with Crippen LogP contribution >= 0.6 is 15.9 Å². The lowest BCUT2D eigenvalue weighted by Gasteiger charge is -2.32. The molecule has 19 heavy (non-hydrogen) atoms. The van der Waals surface area contributed by atoms with Gasteiger partial charge in [-0.15, -0.1) is 0 Å². The molecule has 0 radical (unpaired) electrons. The van der Waals surface area contributed by atoms with E-state index in [9.17, 15) is 4.79 Å². The molecule has 0 spiro atoms. The number of methoxy groups -OCH3 is 1. The van der Waals surface area contributed by atoms with Crippen LogP contribution in [-0.2, 0) is 14.3 Å². The van der Waals surface area contributed by atoms with Crippen molar-refractivity contribution in [1.82, 2.24) is 0 Å². The van der Waals surface area contributed by atoms with Crippen LogP contribution in [0.15, 0.2) is 30.3 Å². The van der Waals surface area contributed by atoms with Crippen LogP contribution in [0, 0.1) is 0 Å². The maximum Gasteiger partial charge on any atom is 0.326 e. The first-order valence-electron chi connectivity index (χ1n) is 6.18. The van der Waals surface area contributed by atoms with Crippen molar-refractivity contribution in [2.75, 3.05) is 7.11 Å². The minimum Gasteiger partial charge on any atom is -0.459 e. The molecule has 1 rings (SSSR count). The van der Waals surface area contributed by atoms with Gasteiger partial charge in [-0.25, -0.2) is 0 Å². The van der Waals surface area contributed by atoms with Gasteiger partial charge in [0.05, 0.1) is 0 Å². The van der Waals surface area contributed by atoms with E-state index >= 15 is 0 Å². The van der Waals surface area contributed by atoms with E-state index in [0.717, 1.165) is 5.56 Å². The van der Waals surface area contributed by atoms with Gasteiger partial charge in [0.2, 0.25) is 0 Å². The number of ether oxygens (including phenoxy) is 2. The van der Waals surface area contributed by atoms with E-state index in [1.165, 1.54) is 0 Å². The zero-order valence-corrected chi connectivity index (χ0v) is 13.7. The lowest BCUT2D eigenvalue weighted by molar-refractivity contribution is -0.161. The minimum absolute atomic E-state index is 0.337. The Morgan fingerprint density at radius 1 is 1.16 bits per heavy atom. The fourth-order valence-corrected chi connectivity index (χ4v) is 2.32. The molecular weight excluding hydrogens is 308 g/mol. The van der Waals surface area contributed by atoms with E-state index in [4.69, 9.17) is 9.47 Å². The average molecular weight is 329 g/mol. The molecule has 2 atom stereocenters. The van der Waals surface area contributed by atoms with Crippen LogP contribution in [0.2, 0.25) is 0 Å². The normalized spacial score (nSPS) is 16.5. The van der Waals surface area contributed by atoms with Gasteiger partial charge in [-0.05, 0) is 33.3 Å². The fourth-order valence-electron chi connectivity index (χ4n) is 1.78. The monoisotopic (exact) mass is 328 g/mol. The Morgan fingerprint density at radius 3 is 2.11 bits per heavy atom. The third kappa shape index (κ3) is 4.32. The van der Waals surface area contributed by atoms with Crippen LogP contribution < -0.4 is 0 Å². The Kier molecular flexibility index (Phi) is 5.16. The van der Waals surface area contributed by atoms with Crippen LogP contribution in [0.1, 0.15) is 39.4 Å². The third-order valence-corrected chi connectivity index (χ3v) is 3.37. The summed E-state index contributed by atoms with van der Waals surface area (Å²) in [7, 11) is 1.58. The molecule has 0 aromatic heterocycles. The Morgan fingerprint density at radius 2 is 1.68 bits per heavy atom. The molecular formula is C15H21BrO3. The molecule has 1 aromatic rings. The predicted octanol–water partition coefficient (Wildman–Crippen LogP) is 3.87. The Balaban J connectivity index is 2.99. The second kappa shape index (κ2) is 6.06. The summed E-state index contributed by atoms with van der Waals surface area (Å²) in [5.74, 6) is -0.337. The summed E-state index contributed by atoms with van der Waals surface area (Å²) in [6, 6.07) is 9.62. The highest BCUT2D eigenvalue weighted by Gasteiger charge is 2.43. The first-order valence-corrected chi connectivity index (χ1v) is 6.98. The first kappa shape index (κ1) is 16.2. The van der Waals surface area contributed by atoms with E-state index in [1.807, 2.05) is 51.1 Å². The van der Waals surface area contributed by atoms with Gasteiger partial charge < -0.3 is 9.47 Å². The minimum atomic E-state index is -0.934. The van der Waals surface area contributed by atoms with E-state index in [2.05, 4.69) is 15.9 Å². The molecule has 0 N–H and O–H groups in total. The summed E-state index contributed by atoms with van der Waals surface area (Å²) in [4.78, 5) is 12.3. The Bertz CT molecular complexity index is 421. The standard InChI is InChI=1S/C15H21BrO3/c1-14(2,3)19-13(17)15(4,16)12(18-5)11-9-7-6-8-10-11/h6-10,12H,1-5H3/t12-,15-/m0/s1. The molecule has 4 heteroatoms. The molecule has 106 valence electrons. The number of rotatable bonds is 4. The average Bonchev–Trinajstić information content (AvgIpc) is 2.28. The van der Waals surface area contributed by atoms with Crippen molar-refractivity contribution in [1.29, 1.82) is 0 Å². The quantitative estimate of drug-likeness (QED) is 0.621. The largest absolute Gasteiger partial charge is 0.459 e. The zero-order valence-electron chi connectivity index (χ0n) is 12.1. The van der Waals surface area contributed by atoms with Crippen molar-refractivity contribution in [3.8, 4) is 0 Å². The van der Waals surface area contributed by atoms with Crippen LogP contribution in [0.3, 0.4) is 0 Å². The van der Waals surface area contributed by atoms with E-state index in [-0.39, 0.29) is 5.97 Å². The van der Waals surface area contributed by atoms with Gasteiger partial charge >= 0.3 is 5.97 Å². The second-order valence-electron chi connectivity index (χ2n) is 5.60. The van der Waals surface area contributed by atoms with Gasteiger partial charge in [-0.2, -0.15) is 0 Å². The van der Waals surface area contributed by atoms with Crippen LogP contribution in [0.5, 0.6) is 0 Å². The highest BCUT2D eigenvalue weighted by Crippen LogP contribution is 2.38. The van der Waals surface area contributed by atoms with Gasteiger partial charge in [-0.3, -0.25) is 4.79 Å². The van der Waals surface area contributed by atoms with Gasteiger partial charge in [-0.1, -0.05) is 46.3 Å². The molecule has 0 amide bonds. The van der Waals surface area contributed by atoms with Crippen LogP contribution in [0.25, 0.3) is 0 Å². The summed E-state index contributed by atoms with van der Waals surface area (Å²) < 4.78 is 10.00. The van der Waals surface area contributed by atoms with Gasteiger partial charge in [0, 0.05) is 7.11 Å². The Labute approximate surface area is 123 Å². The molecule has 0 aliphatic heterocycles. The maximum absolute atomic E-state index is 12.3. The summed E-state index contributed by atoms with van der Waals surface area (Å²) in [6.45, 7) is 7.30. The third-order valence-electron chi connectivity index (χ3n) is 2.63. The van der Waals surface area contributed by atoms with Crippen molar-refractivity contribution >= 4 is 21.9 Å². The molecule has 3 nitrogen and oxygen atoms in total. The summed E-state index contributed by atoms with van der Waals surface area (Å²) in [6.07, 6.45) is -0.413. The molecule has 0 unspecified atom stereocenters. The van der Waals surface area contributed by atoms with E-state index in [1.54, 1.807) is 14.0 Å². The second-order valence-corrected chi connectivity index (χ2v) is 7.25. The molecule has 0 saturated heterocycles.